The fourth-order valence-electron chi connectivity index (χ4n) is 1.78. The minimum Gasteiger partial charge on any atom is -0.436 e. The molecule has 0 amide bonds. The molecule has 1 aliphatic heterocycles. The van der Waals surface area contributed by atoms with Gasteiger partial charge in [0.25, 0.3) is 0 Å². The van der Waals surface area contributed by atoms with Gasteiger partial charge in [-0.05, 0) is 31.7 Å². The van der Waals surface area contributed by atoms with Crippen LogP contribution in [0.2, 0.25) is 31.7 Å². The van der Waals surface area contributed by atoms with Crippen LogP contribution in [0.1, 0.15) is 19.3 Å². The third kappa shape index (κ3) is 3.39. The first-order valence-corrected chi connectivity index (χ1v) is 10.5. The Morgan fingerprint density at radius 3 is 2.00 bits per heavy atom. The molecule has 0 aromatic rings. The molecule has 1 rings (SSSR count). The van der Waals surface area contributed by atoms with E-state index in [0.717, 1.165) is 12.1 Å². The Morgan fingerprint density at radius 2 is 1.58 bits per heavy atom. The normalized spacial score (nSPS) is 24.0. The lowest BCUT2D eigenvalue weighted by molar-refractivity contribution is 0.348. The van der Waals surface area contributed by atoms with Gasteiger partial charge in [0.05, 0.1) is 0 Å². The first-order chi connectivity index (χ1) is 5.41. The Bertz CT molecular complexity index is 148. The van der Waals surface area contributed by atoms with E-state index < -0.39 is 16.9 Å². The molecule has 0 aliphatic carbocycles. The summed E-state index contributed by atoms with van der Waals surface area (Å²) in [5.74, 6) is 0. The molecule has 0 radical (unpaired) electrons. The molecule has 1 saturated heterocycles. The lowest BCUT2D eigenvalue weighted by atomic mass is 10.3. The molecule has 72 valence electrons. The highest BCUT2D eigenvalue weighted by atomic mass is 28.4. The molecule has 1 aliphatic rings. The van der Waals surface area contributed by atoms with Crippen molar-refractivity contribution in [2.45, 2.75) is 51.0 Å². The van der Waals surface area contributed by atoms with Crippen molar-refractivity contribution in [3.63, 3.8) is 0 Å². The first kappa shape index (κ1) is 10.4. The zero-order valence-corrected chi connectivity index (χ0v) is 10.4. The number of hydrogen-bond donors (Lipinski definition) is 1. The van der Waals surface area contributed by atoms with E-state index in [0.29, 0.717) is 0 Å². The van der Waals surface area contributed by atoms with Gasteiger partial charge in [-0.25, -0.2) is 0 Å². The fraction of sp³-hybridized carbons (Fsp3) is 1.00. The molecule has 0 bridgehead atoms. The van der Waals surface area contributed by atoms with Crippen LogP contribution in [-0.4, -0.2) is 21.7 Å². The summed E-state index contributed by atoms with van der Waals surface area (Å²) in [5.41, 5.74) is 0. The van der Waals surface area contributed by atoms with Crippen LogP contribution in [0.4, 0.5) is 0 Å². The summed E-state index contributed by atoms with van der Waals surface area (Å²) in [4.78, 5) is 10.2. The monoisotopic (exact) mass is 204 g/mol. The van der Waals surface area contributed by atoms with E-state index in [1.165, 1.54) is 19.3 Å². The van der Waals surface area contributed by atoms with E-state index in [4.69, 9.17) is 4.12 Å². The molecule has 1 heterocycles. The van der Waals surface area contributed by atoms with Crippen LogP contribution in [0.3, 0.4) is 0 Å². The van der Waals surface area contributed by atoms with Crippen LogP contribution < -0.4 is 0 Å². The van der Waals surface area contributed by atoms with Crippen molar-refractivity contribution in [1.29, 1.82) is 0 Å². The predicted octanol–water partition coefficient (Wildman–Crippen LogP) is 2.46. The topological polar surface area (TPSA) is 29.5 Å². The van der Waals surface area contributed by atoms with Gasteiger partial charge in [-0.3, -0.25) is 0 Å². The van der Waals surface area contributed by atoms with Gasteiger partial charge in [-0.1, -0.05) is 19.3 Å². The second kappa shape index (κ2) is 3.61. The molecule has 0 aromatic heterocycles. The van der Waals surface area contributed by atoms with Crippen LogP contribution in [0.5, 0.6) is 0 Å². The van der Waals surface area contributed by atoms with Crippen molar-refractivity contribution in [2.24, 2.45) is 0 Å². The number of hydrogen-bond acceptors (Lipinski definition) is 2. The summed E-state index contributed by atoms with van der Waals surface area (Å²) in [6.45, 7) is 6.48. The average Bonchev–Trinajstić information content (AvgIpc) is 1.83. The third-order valence-electron chi connectivity index (χ3n) is 2.13. The molecule has 1 N–H and O–H groups in total. The number of rotatable bonds is 2. The molecule has 1 fully saturated rings. The molecule has 12 heavy (non-hydrogen) atoms. The molecule has 2 nitrogen and oxygen atoms in total. The van der Waals surface area contributed by atoms with Crippen molar-refractivity contribution in [2.75, 3.05) is 0 Å². The summed E-state index contributed by atoms with van der Waals surface area (Å²) >= 11 is 0. The Balaban J connectivity index is 2.47. The van der Waals surface area contributed by atoms with Gasteiger partial charge in [0.15, 0.2) is 8.32 Å². The molecule has 4 heteroatoms. The molecule has 0 aromatic carbocycles. The average molecular weight is 204 g/mol. The van der Waals surface area contributed by atoms with Crippen molar-refractivity contribution >= 4 is 16.9 Å². The van der Waals surface area contributed by atoms with E-state index in [1.54, 1.807) is 0 Å². The van der Waals surface area contributed by atoms with E-state index >= 15 is 0 Å². The summed E-state index contributed by atoms with van der Waals surface area (Å²) in [7, 11) is -3.72. The third-order valence-corrected chi connectivity index (χ3v) is 8.37. The molecular formula is C8H20O2Si2. The van der Waals surface area contributed by atoms with Crippen LogP contribution in [0.15, 0.2) is 0 Å². The zero-order valence-electron chi connectivity index (χ0n) is 8.39. The smallest absolute Gasteiger partial charge is 0.325 e. The van der Waals surface area contributed by atoms with Crippen LogP contribution in [-0.2, 0) is 4.12 Å². The van der Waals surface area contributed by atoms with Gasteiger partial charge >= 0.3 is 8.56 Å². The molecule has 0 spiro atoms. The largest absolute Gasteiger partial charge is 0.436 e. The van der Waals surface area contributed by atoms with E-state index in [-0.39, 0.29) is 0 Å². The lowest BCUT2D eigenvalue weighted by Gasteiger charge is -2.34. The maximum Gasteiger partial charge on any atom is 0.325 e. The zero-order chi connectivity index (χ0) is 9.24. The van der Waals surface area contributed by atoms with E-state index in [2.05, 4.69) is 19.6 Å². The maximum atomic E-state index is 10.2. The Morgan fingerprint density at radius 1 is 1.08 bits per heavy atom. The standard InChI is InChI=1S/C8H20O2Si2/c1-11(2,3)10-12(9)7-5-4-6-8-12/h9H,4-8H2,1-3H3. The van der Waals surface area contributed by atoms with Gasteiger partial charge in [0.1, 0.15) is 0 Å². The highest BCUT2D eigenvalue weighted by Crippen LogP contribution is 2.29. The van der Waals surface area contributed by atoms with Gasteiger partial charge in [0, 0.05) is 0 Å². The minimum atomic E-state index is -2.21. The Labute approximate surface area is 77.3 Å². The van der Waals surface area contributed by atoms with Gasteiger partial charge < -0.3 is 8.91 Å². The van der Waals surface area contributed by atoms with Gasteiger partial charge in [-0.2, -0.15) is 0 Å². The summed E-state index contributed by atoms with van der Waals surface area (Å²) in [6.07, 6.45) is 3.63. The predicted molar refractivity (Wildman–Crippen MR) is 55.9 cm³/mol. The highest BCUT2D eigenvalue weighted by Gasteiger charge is 2.38. The van der Waals surface area contributed by atoms with Crippen LogP contribution in [0, 0.1) is 0 Å². The second-order valence-electron chi connectivity index (χ2n) is 4.72. The van der Waals surface area contributed by atoms with Crippen molar-refractivity contribution in [3.8, 4) is 0 Å². The Kier molecular flexibility index (Phi) is 3.14. The molecule has 0 saturated carbocycles. The Hall–Kier alpha value is 0.354. The quantitative estimate of drug-likeness (QED) is 0.700. The van der Waals surface area contributed by atoms with Crippen molar-refractivity contribution in [3.05, 3.63) is 0 Å². The van der Waals surface area contributed by atoms with E-state index in [1.807, 2.05) is 0 Å². The minimum absolute atomic E-state index is 0.970. The summed E-state index contributed by atoms with van der Waals surface area (Å²) < 4.78 is 5.90. The SMILES string of the molecule is C[Si](C)(C)O[Si]1(O)CCCCC1. The molecular weight excluding hydrogens is 184 g/mol. The van der Waals surface area contributed by atoms with Crippen LogP contribution >= 0.6 is 0 Å². The maximum absolute atomic E-state index is 10.2. The van der Waals surface area contributed by atoms with Crippen molar-refractivity contribution < 1.29 is 8.91 Å². The van der Waals surface area contributed by atoms with Crippen molar-refractivity contribution in [1.82, 2.24) is 0 Å². The molecule has 0 atom stereocenters. The second-order valence-corrected chi connectivity index (χ2v) is 12.7. The van der Waals surface area contributed by atoms with Gasteiger partial charge in [0.2, 0.25) is 0 Å². The van der Waals surface area contributed by atoms with Crippen LogP contribution in [0.25, 0.3) is 0 Å². The van der Waals surface area contributed by atoms with Gasteiger partial charge in [-0.15, -0.1) is 0 Å². The molecule has 0 unspecified atom stereocenters. The van der Waals surface area contributed by atoms with E-state index in [9.17, 15) is 4.80 Å². The fourth-order valence-corrected chi connectivity index (χ4v) is 9.01. The first-order valence-electron chi connectivity index (χ1n) is 4.84. The summed E-state index contributed by atoms with van der Waals surface area (Å²) in [6, 6.07) is 1.94. The highest BCUT2D eigenvalue weighted by molar-refractivity contribution is 6.81. The lowest BCUT2D eigenvalue weighted by Crippen LogP contribution is -2.48. The summed E-state index contributed by atoms with van der Waals surface area (Å²) in [5, 5.41) is 0.